The summed E-state index contributed by atoms with van der Waals surface area (Å²) in [4.78, 5) is 18.3. The minimum atomic E-state index is -0.0191. The molecule has 2 N–H and O–H groups in total. The summed E-state index contributed by atoms with van der Waals surface area (Å²) < 4.78 is 0. The van der Waals surface area contributed by atoms with Crippen molar-refractivity contribution in [1.82, 2.24) is 15.3 Å². The van der Waals surface area contributed by atoms with E-state index in [0.29, 0.717) is 6.54 Å². The molecule has 4 nitrogen and oxygen atoms in total. The topological polar surface area (TPSA) is 57.8 Å². The zero-order valence-corrected chi connectivity index (χ0v) is 11.1. The number of benzene rings is 1. The fraction of sp³-hybridized carbons (Fsp3) is 0.429. The van der Waals surface area contributed by atoms with Gasteiger partial charge in [-0.2, -0.15) is 0 Å². The van der Waals surface area contributed by atoms with Crippen LogP contribution in [0.2, 0.25) is 0 Å². The van der Waals surface area contributed by atoms with Crippen LogP contribution in [0.25, 0.3) is 11.0 Å². The van der Waals surface area contributed by atoms with Gasteiger partial charge in [0.2, 0.25) is 0 Å². The van der Waals surface area contributed by atoms with E-state index in [4.69, 9.17) is 0 Å². The second-order valence-electron chi connectivity index (χ2n) is 5.32. The van der Waals surface area contributed by atoms with E-state index in [1.54, 1.807) is 13.3 Å². The summed E-state index contributed by atoms with van der Waals surface area (Å²) in [5, 5.41) is 3.19. The molecule has 0 aliphatic carbocycles. The van der Waals surface area contributed by atoms with Gasteiger partial charge in [-0.25, -0.2) is 4.98 Å². The molecule has 1 heterocycles. The third kappa shape index (κ3) is 2.76. The van der Waals surface area contributed by atoms with Gasteiger partial charge < -0.3 is 10.3 Å². The molecule has 2 aromatic rings. The molecule has 1 aromatic carbocycles. The number of aromatic amines is 1. The zero-order chi connectivity index (χ0) is 13.2. The Morgan fingerprint density at radius 1 is 1.44 bits per heavy atom. The molecule has 0 fully saturated rings. The van der Waals surface area contributed by atoms with Crippen molar-refractivity contribution >= 4 is 16.8 Å². The molecule has 0 unspecified atom stereocenters. The van der Waals surface area contributed by atoms with E-state index in [2.05, 4.69) is 41.3 Å². The number of H-pyrrole nitrogens is 1. The second-order valence-corrected chi connectivity index (χ2v) is 5.32. The molecular weight excluding hydrogens is 226 g/mol. The Hall–Kier alpha value is -1.68. The highest BCUT2D eigenvalue weighted by atomic mass is 16.1. The third-order valence-corrected chi connectivity index (χ3v) is 3.14. The van der Waals surface area contributed by atoms with Gasteiger partial charge in [-0.3, -0.25) is 4.79 Å². The van der Waals surface area contributed by atoms with Crippen molar-refractivity contribution in [3.05, 3.63) is 30.1 Å². The van der Waals surface area contributed by atoms with Gasteiger partial charge in [0.1, 0.15) is 5.78 Å². The zero-order valence-electron chi connectivity index (χ0n) is 11.1. The van der Waals surface area contributed by atoms with Crippen LogP contribution in [0.3, 0.4) is 0 Å². The summed E-state index contributed by atoms with van der Waals surface area (Å²) in [6.07, 6.45) is 1.70. The molecule has 0 radical (unpaired) electrons. The van der Waals surface area contributed by atoms with E-state index in [1.807, 2.05) is 6.07 Å². The van der Waals surface area contributed by atoms with Crippen LogP contribution < -0.4 is 5.32 Å². The SMILES string of the molecule is CC(=O)CNCC(C)(C)c1ccc2nc[nH]c2c1. The molecule has 18 heavy (non-hydrogen) atoms. The number of hydrogen-bond acceptors (Lipinski definition) is 3. The van der Waals surface area contributed by atoms with Gasteiger partial charge in [0, 0.05) is 12.0 Å². The maximum Gasteiger partial charge on any atom is 0.143 e. The number of hydrogen-bond donors (Lipinski definition) is 2. The lowest BCUT2D eigenvalue weighted by Gasteiger charge is -2.25. The standard InChI is InChI=1S/C14H19N3O/c1-10(18)7-15-8-14(2,3)11-4-5-12-13(6-11)17-9-16-12/h4-6,9,15H,7-8H2,1-3H3,(H,16,17). The average molecular weight is 245 g/mol. The van der Waals surface area contributed by atoms with E-state index in [9.17, 15) is 4.79 Å². The lowest BCUT2D eigenvalue weighted by atomic mass is 9.84. The van der Waals surface area contributed by atoms with Crippen LogP contribution in [0, 0.1) is 0 Å². The van der Waals surface area contributed by atoms with E-state index in [1.165, 1.54) is 5.56 Å². The first-order chi connectivity index (χ1) is 8.49. The van der Waals surface area contributed by atoms with Gasteiger partial charge >= 0.3 is 0 Å². The van der Waals surface area contributed by atoms with Crippen molar-refractivity contribution in [2.75, 3.05) is 13.1 Å². The van der Waals surface area contributed by atoms with E-state index < -0.39 is 0 Å². The molecule has 0 bridgehead atoms. The van der Waals surface area contributed by atoms with Gasteiger partial charge in [0.15, 0.2) is 0 Å². The number of imidazole rings is 1. The van der Waals surface area contributed by atoms with Crippen molar-refractivity contribution in [2.45, 2.75) is 26.2 Å². The van der Waals surface area contributed by atoms with Crippen LogP contribution >= 0.6 is 0 Å². The molecule has 0 saturated carbocycles. The molecule has 0 aliphatic heterocycles. The molecule has 2 rings (SSSR count). The number of nitrogens with one attached hydrogen (secondary N) is 2. The number of ketones is 1. The van der Waals surface area contributed by atoms with E-state index in [0.717, 1.165) is 17.6 Å². The number of fused-ring (bicyclic) bond motifs is 1. The highest BCUT2D eigenvalue weighted by Gasteiger charge is 2.20. The Kier molecular flexibility index (Phi) is 3.48. The van der Waals surface area contributed by atoms with Crippen LogP contribution in [0.5, 0.6) is 0 Å². The molecule has 0 saturated heterocycles. The summed E-state index contributed by atoms with van der Waals surface area (Å²) in [6, 6.07) is 6.24. The quantitative estimate of drug-likeness (QED) is 0.847. The predicted octanol–water partition coefficient (Wildman–Crippen LogP) is 2.02. The van der Waals surface area contributed by atoms with Crippen LogP contribution in [-0.4, -0.2) is 28.8 Å². The van der Waals surface area contributed by atoms with Crippen molar-refractivity contribution in [3.8, 4) is 0 Å². The molecule has 0 spiro atoms. The number of rotatable bonds is 5. The largest absolute Gasteiger partial charge is 0.345 e. The second kappa shape index (κ2) is 4.90. The third-order valence-electron chi connectivity index (χ3n) is 3.14. The lowest BCUT2D eigenvalue weighted by Crippen LogP contribution is -2.35. The Morgan fingerprint density at radius 2 is 2.22 bits per heavy atom. The summed E-state index contributed by atoms with van der Waals surface area (Å²) in [5.41, 5.74) is 3.24. The molecule has 0 atom stereocenters. The summed E-state index contributed by atoms with van der Waals surface area (Å²) >= 11 is 0. The lowest BCUT2D eigenvalue weighted by molar-refractivity contribution is -0.116. The number of Topliss-reactive ketones (excluding diaryl/α,β-unsaturated/α-hetero) is 1. The average Bonchev–Trinajstić information content (AvgIpc) is 2.74. The van der Waals surface area contributed by atoms with E-state index >= 15 is 0 Å². The van der Waals surface area contributed by atoms with Gasteiger partial charge in [-0.1, -0.05) is 19.9 Å². The summed E-state index contributed by atoms with van der Waals surface area (Å²) in [5.74, 6) is 0.162. The van der Waals surface area contributed by atoms with Gasteiger partial charge in [-0.05, 0) is 24.6 Å². The molecular formula is C14H19N3O. The maximum absolute atomic E-state index is 10.9. The fourth-order valence-electron chi connectivity index (χ4n) is 2.01. The molecule has 1 aromatic heterocycles. The van der Waals surface area contributed by atoms with Crippen molar-refractivity contribution < 1.29 is 4.79 Å². The monoisotopic (exact) mass is 245 g/mol. The van der Waals surface area contributed by atoms with E-state index in [-0.39, 0.29) is 11.2 Å². The Bertz CT molecular complexity index is 557. The first-order valence-corrected chi connectivity index (χ1v) is 6.13. The number of aromatic nitrogens is 2. The first-order valence-electron chi connectivity index (χ1n) is 6.13. The Balaban J connectivity index is 2.14. The molecule has 4 heteroatoms. The number of nitrogens with zero attached hydrogens (tertiary/aromatic N) is 1. The van der Waals surface area contributed by atoms with Crippen molar-refractivity contribution in [3.63, 3.8) is 0 Å². The van der Waals surface area contributed by atoms with Crippen LogP contribution in [0.1, 0.15) is 26.3 Å². The Labute approximate surface area is 107 Å². The predicted molar refractivity (Wildman–Crippen MR) is 72.7 cm³/mol. The van der Waals surface area contributed by atoms with Gasteiger partial charge in [-0.15, -0.1) is 0 Å². The van der Waals surface area contributed by atoms with Crippen molar-refractivity contribution in [2.24, 2.45) is 0 Å². The number of carbonyl (C=O) groups excluding carboxylic acids is 1. The minimum absolute atomic E-state index is 0.0191. The summed E-state index contributed by atoms with van der Waals surface area (Å²) in [7, 11) is 0. The van der Waals surface area contributed by atoms with Crippen LogP contribution in [0.15, 0.2) is 24.5 Å². The summed E-state index contributed by atoms with van der Waals surface area (Å²) in [6.45, 7) is 7.12. The van der Waals surface area contributed by atoms with Gasteiger partial charge in [0.25, 0.3) is 0 Å². The van der Waals surface area contributed by atoms with Crippen LogP contribution in [0.4, 0.5) is 0 Å². The fourth-order valence-corrected chi connectivity index (χ4v) is 2.01. The molecule has 0 amide bonds. The highest BCUT2D eigenvalue weighted by molar-refractivity contribution is 5.77. The smallest absolute Gasteiger partial charge is 0.143 e. The van der Waals surface area contributed by atoms with Crippen molar-refractivity contribution in [1.29, 1.82) is 0 Å². The highest BCUT2D eigenvalue weighted by Crippen LogP contribution is 2.24. The maximum atomic E-state index is 10.9. The molecule has 0 aliphatic rings. The minimum Gasteiger partial charge on any atom is -0.345 e. The first kappa shape index (κ1) is 12.8. The Morgan fingerprint density at radius 3 is 2.94 bits per heavy atom. The van der Waals surface area contributed by atoms with Gasteiger partial charge in [0.05, 0.1) is 23.9 Å². The molecule has 96 valence electrons. The number of carbonyl (C=O) groups is 1. The van der Waals surface area contributed by atoms with Crippen LogP contribution in [-0.2, 0) is 10.2 Å². The normalized spacial score (nSPS) is 11.9.